The minimum absolute atomic E-state index is 0.0596. The average molecular weight is 400 g/mol. The van der Waals surface area contributed by atoms with Crippen LogP contribution < -0.4 is 14.8 Å². The van der Waals surface area contributed by atoms with E-state index >= 15 is 0 Å². The lowest BCUT2D eigenvalue weighted by Gasteiger charge is -2.17. The molecular formula is C21H25N3O3S. The third kappa shape index (κ3) is 4.46. The summed E-state index contributed by atoms with van der Waals surface area (Å²) in [6.07, 6.45) is 3.43. The van der Waals surface area contributed by atoms with Gasteiger partial charge in [-0.1, -0.05) is 6.07 Å². The van der Waals surface area contributed by atoms with Crippen molar-refractivity contribution in [3.63, 3.8) is 0 Å². The van der Waals surface area contributed by atoms with Gasteiger partial charge in [0.25, 0.3) is 0 Å². The third-order valence-electron chi connectivity index (χ3n) is 4.91. The van der Waals surface area contributed by atoms with E-state index in [1.807, 2.05) is 25.2 Å². The second-order valence-electron chi connectivity index (χ2n) is 6.90. The molecule has 1 aliphatic carbocycles. The van der Waals surface area contributed by atoms with E-state index in [2.05, 4.69) is 16.3 Å². The van der Waals surface area contributed by atoms with E-state index in [0.29, 0.717) is 41.6 Å². The van der Waals surface area contributed by atoms with Crippen LogP contribution in [0.25, 0.3) is 0 Å². The van der Waals surface area contributed by atoms with Crippen molar-refractivity contribution < 1.29 is 14.3 Å². The van der Waals surface area contributed by atoms with Crippen LogP contribution >= 0.6 is 11.3 Å². The van der Waals surface area contributed by atoms with Crippen LogP contribution in [0.2, 0.25) is 0 Å². The van der Waals surface area contributed by atoms with E-state index in [9.17, 15) is 10.1 Å². The Morgan fingerprint density at radius 1 is 1.29 bits per heavy atom. The van der Waals surface area contributed by atoms with E-state index in [-0.39, 0.29) is 5.91 Å². The van der Waals surface area contributed by atoms with Crippen LogP contribution in [-0.4, -0.2) is 38.6 Å². The normalized spacial score (nSPS) is 12.5. The van der Waals surface area contributed by atoms with Crippen LogP contribution in [-0.2, 0) is 24.2 Å². The molecule has 0 atom stereocenters. The smallest absolute Gasteiger partial charge is 0.226 e. The molecule has 7 heteroatoms. The fourth-order valence-corrected chi connectivity index (χ4v) is 4.72. The van der Waals surface area contributed by atoms with Gasteiger partial charge in [-0.3, -0.25) is 4.79 Å². The molecular weight excluding hydrogens is 374 g/mol. The lowest BCUT2D eigenvalue weighted by atomic mass is 10.1. The van der Waals surface area contributed by atoms with Gasteiger partial charge in [-0.25, -0.2) is 0 Å². The zero-order chi connectivity index (χ0) is 20.1. The van der Waals surface area contributed by atoms with Crippen molar-refractivity contribution in [2.24, 2.45) is 0 Å². The zero-order valence-corrected chi connectivity index (χ0v) is 17.3. The van der Waals surface area contributed by atoms with Gasteiger partial charge in [-0.15, -0.1) is 11.3 Å². The summed E-state index contributed by atoms with van der Waals surface area (Å²) in [6, 6.07) is 8.08. The molecule has 148 valence electrons. The minimum atomic E-state index is -0.0596. The number of thiophene rings is 1. The van der Waals surface area contributed by atoms with Gasteiger partial charge in [0.15, 0.2) is 11.5 Å². The second-order valence-corrected chi connectivity index (χ2v) is 8.00. The monoisotopic (exact) mass is 399 g/mol. The summed E-state index contributed by atoms with van der Waals surface area (Å²) >= 11 is 1.55. The summed E-state index contributed by atoms with van der Waals surface area (Å²) < 4.78 is 10.6. The molecule has 1 amide bonds. The van der Waals surface area contributed by atoms with Crippen molar-refractivity contribution in [3.8, 4) is 17.6 Å². The van der Waals surface area contributed by atoms with E-state index in [4.69, 9.17) is 9.47 Å². The lowest BCUT2D eigenvalue weighted by Crippen LogP contribution is -2.24. The first-order valence-corrected chi connectivity index (χ1v) is 10.1. The van der Waals surface area contributed by atoms with Crippen molar-refractivity contribution >= 4 is 22.2 Å². The summed E-state index contributed by atoms with van der Waals surface area (Å²) in [5, 5.41) is 13.1. The maximum absolute atomic E-state index is 12.4. The van der Waals surface area contributed by atoms with Crippen LogP contribution in [0.15, 0.2) is 18.2 Å². The number of carbonyl (C=O) groups is 1. The number of anilines is 1. The Morgan fingerprint density at radius 3 is 2.79 bits per heavy atom. The molecule has 0 bridgehead atoms. The number of rotatable bonds is 8. The number of nitriles is 1. The highest BCUT2D eigenvalue weighted by atomic mass is 32.1. The Balaban J connectivity index is 1.53. The molecule has 1 aliphatic rings. The second kappa shape index (κ2) is 9.09. The lowest BCUT2D eigenvalue weighted by molar-refractivity contribution is -0.116. The fourth-order valence-electron chi connectivity index (χ4n) is 3.46. The largest absolute Gasteiger partial charge is 0.493 e. The molecule has 28 heavy (non-hydrogen) atoms. The maximum atomic E-state index is 12.4. The number of aryl methyl sites for hydroxylation is 1. The van der Waals surface area contributed by atoms with Gasteiger partial charge in [0.2, 0.25) is 5.91 Å². The number of nitrogens with zero attached hydrogens (tertiary/aromatic N) is 2. The number of amides is 1. The molecule has 0 saturated carbocycles. The van der Waals surface area contributed by atoms with Gasteiger partial charge < -0.3 is 19.7 Å². The van der Waals surface area contributed by atoms with Crippen molar-refractivity contribution in [1.82, 2.24) is 4.90 Å². The van der Waals surface area contributed by atoms with Crippen molar-refractivity contribution in [1.29, 1.82) is 5.26 Å². The summed E-state index contributed by atoms with van der Waals surface area (Å²) in [7, 11) is 5.21. The van der Waals surface area contributed by atoms with Gasteiger partial charge in [0.1, 0.15) is 11.1 Å². The summed E-state index contributed by atoms with van der Waals surface area (Å²) in [5.41, 5.74) is 2.87. The van der Waals surface area contributed by atoms with Crippen LogP contribution in [0, 0.1) is 11.3 Å². The summed E-state index contributed by atoms with van der Waals surface area (Å²) in [6.45, 7) is 1.32. The van der Waals surface area contributed by atoms with Gasteiger partial charge in [0.05, 0.1) is 19.8 Å². The summed E-state index contributed by atoms with van der Waals surface area (Å²) in [4.78, 5) is 15.7. The first kappa shape index (κ1) is 20.2. The first-order valence-electron chi connectivity index (χ1n) is 9.29. The molecule has 3 rings (SSSR count). The predicted molar refractivity (Wildman–Crippen MR) is 110 cm³/mol. The topological polar surface area (TPSA) is 74.6 Å². The van der Waals surface area contributed by atoms with E-state index < -0.39 is 0 Å². The number of methoxy groups -OCH3 is 2. The Bertz CT molecular complexity index is 901. The molecule has 0 spiro atoms. The van der Waals surface area contributed by atoms with Gasteiger partial charge >= 0.3 is 0 Å². The molecule has 1 N–H and O–H groups in total. The van der Waals surface area contributed by atoms with Gasteiger partial charge in [-0.05, 0) is 49.6 Å². The van der Waals surface area contributed by atoms with Gasteiger partial charge in [0, 0.05) is 24.4 Å². The first-order chi connectivity index (χ1) is 13.5. The van der Waals surface area contributed by atoms with E-state index in [1.165, 1.54) is 4.88 Å². The van der Waals surface area contributed by atoms with Crippen molar-refractivity contribution in [2.75, 3.05) is 33.1 Å². The SMILES string of the molecule is COc1ccc(CN(C)CCC(=O)Nc2sc3c(c2C#N)CCC3)cc1OC. The fraction of sp³-hybridized carbons (Fsp3) is 0.429. The third-order valence-corrected chi connectivity index (χ3v) is 6.11. The standard InChI is InChI=1S/C21H25N3O3S/c1-24(13-14-7-8-17(26-2)18(11-14)27-3)10-9-20(25)23-21-16(12-22)15-5-4-6-19(15)28-21/h7-8,11H,4-6,9-10,13H2,1-3H3,(H,23,25). The molecule has 2 aromatic rings. The highest BCUT2D eigenvalue weighted by Gasteiger charge is 2.23. The number of hydrogen-bond acceptors (Lipinski definition) is 6. The molecule has 6 nitrogen and oxygen atoms in total. The number of hydrogen-bond donors (Lipinski definition) is 1. The Hall–Kier alpha value is -2.56. The van der Waals surface area contributed by atoms with Crippen LogP contribution in [0.1, 0.15) is 34.4 Å². The van der Waals surface area contributed by atoms with Gasteiger partial charge in [-0.2, -0.15) is 5.26 Å². The molecule has 0 aliphatic heterocycles. The van der Waals surface area contributed by atoms with Crippen LogP contribution in [0.5, 0.6) is 11.5 Å². The van der Waals surface area contributed by atoms with Crippen molar-refractivity contribution in [3.05, 3.63) is 39.8 Å². The molecule has 1 aromatic carbocycles. The van der Waals surface area contributed by atoms with E-state index in [1.54, 1.807) is 25.6 Å². The molecule has 0 unspecified atom stereocenters. The molecule has 0 radical (unpaired) electrons. The molecule has 0 fully saturated rings. The predicted octanol–water partition coefficient (Wildman–Crippen LogP) is 3.59. The van der Waals surface area contributed by atoms with Crippen LogP contribution in [0.3, 0.4) is 0 Å². The number of benzene rings is 1. The molecule has 1 heterocycles. The Morgan fingerprint density at radius 2 is 2.07 bits per heavy atom. The molecule has 1 aromatic heterocycles. The Labute approximate surface area is 169 Å². The van der Waals surface area contributed by atoms with E-state index in [0.717, 1.165) is 30.4 Å². The highest BCUT2D eigenvalue weighted by molar-refractivity contribution is 7.16. The average Bonchev–Trinajstić information content (AvgIpc) is 3.26. The number of fused-ring (bicyclic) bond motifs is 1. The zero-order valence-electron chi connectivity index (χ0n) is 16.5. The minimum Gasteiger partial charge on any atom is -0.493 e. The number of carbonyl (C=O) groups excluding carboxylic acids is 1. The highest BCUT2D eigenvalue weighted by Crippen LogP contribution is 2.38. The van der Waals surface area contributed by atoms with Crippen LogP contribution in [0.4, 0.5) is 5.00 Å². The number of ether oxygens (including phenoxy) is 2. The van der Waals surface area contributed by atoms with Crippen molar-refractivity contribution in [2.45, 2.75) is 32.2 Å². The molecule has 0 saturated heterocycles. The summed E-state index contributed by atoms with van der Waals surface area (Å²) in [5.74, 6) is 1.33. The Kier molecular flexibility index (Phi) is 6.55. The quantitative estimate of drug-likeness (QED) is 0.734. The number of nitrogens with one attached hydrogen (secondary N) is 1. The maximum Gasteiger partial charge on any atom is 0.226 e.